The fourth-order valence-electron chi connectivity index (χ4n) is 1.68. The lowest BCUT2D eigenvalue weighted by Crippen LogP contribution is -2.14. The third-order valence-electron chi connectivity index (χ3n) is 2.81. The van der Waals surface area contributed by atoms with Crippen LogP contribution in [0, 0.1) is 0 Å². The second-order valence-corrected chi connectivity index (χ2v) is 3.78. The lowest BCUT2D eigenvalue weighted by Gasteiger charge is -2.07. The molecule has 2 N–H and O–H groups in total. The summed E-state index contributed by atoms with van der Waals surface area (Å²) in [5.41, 5.74) is 1.01. The molecule has 5 heteroatoms. The summed E-state index contributed by atoms with van der Waals surface area (Å²) >= 11 is 0. The minimum Gasteiger partial charge on any atom is -0.315 e. The Labute approximate surface area is 83.9 Å². The van der Waals surface area contributed by atoms with Gasteiger partial charge in [-0.2, -0.15) is 0 Å². The zero-order valence-electron chi connectivity index (χ0n) is 8.70. The van der Waals surface area contributed by atoms with Crippen molar-refractivity contribution in [2.24, 2.45) is 0 Å². The average Bonchev–Trinajstić information content (AvgIpc) is 2.86. The summed E-state index contributed by atoms with van der Waals surface area (Å²) in [5.74, 6) is 0. The van der Waals surface area contributed by atoms with Gasteiger partial charge in [0.05, 0.1) is 17.9 Å². The summed E-state index contributed by atoms with van der Waals surface area (Å²) < 4.78 is 1.98. The number of hydrogen-bond acceptors (Lipinski definition) is 4. The van der Waals surface area contributed by atoms with E-state index in [4.69, 9.17) is 0 Å². The molecule has 1 aromatic heterocycles. The molecule has 1 aliphatic rings. The molecule has 78 valence electrons. The summed E-state index contributed by atoms with van der Waals surface area (Å²) in [6, 6.07) is 0.762. The summed E-state index contributed by atoms with van der Waals surface area (Å²) in [6.45, 7) is 4.18. The lowest BCUT2D eigenvalue weighted by molar-refractivity contribution is 0.476. The first-order valence-corrected chi connectivity index (χ1v) is 5.11. The van der Waals surface area contributed by atoms with E-state index in [1.54, 1.807) is 0 Å². The lowest BCUT2D eigenvalue weighted by atomic mass is 10.2. The molecule has 1 fully saturated rings. The van der Waals surface area contributed by atoms with Crippen LogP contribution in [0.4, 0.5) is 0 Å². The minimum atomic E-state index is 0.276. The quantitative estimate of drug-likeness (QED) is 0.718. The summed E-state index contributed by atoms with van der Waals surface area (Å²) in [5, 5.41) is 14.8. The van der Waals surface area contributed by atoms with Crippen molar-refractivity contribution in [3.05, 3.63) is 11.9 Å². The van der Waals surface area contributed by atoms with E-state index in [9.17, 15) is 0 Å². The van der Waals surface area contributed by atoms with Crippen LogP contribution in [-0.4, -0.2) is 35.1 Å². The molecule has 0 bridgehead atoms. The Morgan fingerprint density at radius 2 is 2.57 bits per heavy atom. The summed E-state index contributed by atoms with van der Waals surface area (Å²) in [6.07, 6.45) is 3.19. The van der Waals surface area contributed by atoms with Gasteiger partial charge in [0.25, 0.3) is 0 Å². The highest BCUT2D eigenvalue weighted by molar-refractivity contribution is 4.99. The molecule has 0 amide bonds. The van der Waals surface area contributed by atoms with Gasteiger partial charge in [0.2, 0.25) is 0 Å². The van der Waals surface area contributed by atoms with Crippen molar-refractivity contribution in [3.63, 3.8) is 0 Å². The van der Waals surface area contributed by atoms with Crippen LogP contribution in [0.15, 0.2) is 6.20 Å². The van der Waals surface area contributed by atoms with Crippen LogP contribution in [0.2, 0.25) is 0 Å². The van der Waals surface area contributed by atoms with Crippen LogP contribution in [-0.2, 0) is 0 Å². The van der Waals surface area contributed by atoms with Crippen molar-refractivity contribution in [2.45, 2.75) is 25.4 Å². The van der Waals surface area contributed by atoms with Crippen LogP contribution in [0.3, 0.4) is 0 Å². The van der Waals surface area contributed by atoms with Crippen molar-refractivity contribution >= 4 is 0 Å². The van der Waals surface area contributed by atoms with Gasteiger partial charge >= 0.3 is 0 Å². The van der Waals surface area contributed by atoms with Gasteiger partial charge in [-0.25, -0.2) is 4.68 Å². The van der Waals surface area contributed by atoms with Crippen molar-refractivity contribution in [2.75, 3.05) is 20.1 Å². The van der Waals surface area contributed by atoms with Crippen LogP contribution in [0.5, 0.6) is 0 Å². The normalized spacial score (nSPS) is 24.0. The highest BCUT2D eigenvalue weighted by Crippen LogP contribution is 2.15. The Morgan fingerprint density at radius 3 is 3.21 bits per heavy atom. The van der Waals surface area contributed by atoms with Gasteiger partial charge in [0.1, 0.15) is 0 Å². The minimum absolute atomic E-state index is 0.276. The van der Waals surface area contributed by atoms with Crippen LogP contribution in [0.1, 0.15) is 31.1 Å². The zero-order valence-corrected chi connectivity index (χ0v) is 8.70. The van der Waals surface area contributed by atoms with E-state index in [1.807, 2.05) is 17.9 Å². The Hall–Kier alpha value is -0.940. The SMILES string of the molecule is CNC(C)c1cn(C2CCNC2)nn1. The second-order valence-electron chi connectivity index (χ2n) is 3.78. The zero-order chi connectivity index (χ0) is 9.97. The van der Waals surface area contributed by atoms with E-state index < -0.39 is 0 Å². The first-order valence-electron chi connectivity index (χ1n) is 5.11. The molecule has 1 aromatic rings. The van der Waals surface area contributed by atoms with Gasteiger partial charge in [0, 0.05) is 12.6 Å². The standard InChI is InChI=1S/C9H17N5/c1-7(10-2)9-6-14(13-12-9)8-3-4-11-5-8/h6-8,10-11H,3-5H2,1-2H3. The molecule has 2 unspecified atom stereocenters. The van der Waals surface area contributed by atoms with Gasteiger partial charge in [0.15, 0.2) is 0 Å². The molecule has 1 aliphatic heterocycles. The van der Waals surface area contributed by atoms with Gasteiger partial charge < -0.3 is 10.6 Å². The maximum atomic E-state index is 4.15. The Kier molecular flexibility index (Phi) is 2.79. The first kappa shape index (κ1) is 9.61. The molecular weight excluding hydrogens is 178 g/mol. The second kappa shape index (κ2) is 4.06. The smallest absolute Gasteiger partial charge is 0.0993 e. The molecule has 0 saturated carbocycles. The Bertz CT molecular complexity index is 289. The van der Waals surface area contributed by atoms with Crippen LogP contribution >= 0.6 is 0 Å². The van der Waals surface area contributed by atoms with Crippen LogP contribution < -0.4 is 10.6 Å². The monoisotopic (exact) mass is 195 g/mol. The Morgan fingerprint density at radius 1 is 1.71 bits per heavy atom. The molecule has 1 saturated heterocycles. The van der Waals surface area contributed by atoms with Crippen molar-refractivity contribution in [1.82, 2.24) is 25.6 Å². The van der Waals surface area contributed by atoms with Crippen LogP contribution in [0.25, 0.3) is 0 Å². The van der Waals surface area contributed by atoms with Gasteiger partial charge in [-0.1, -0.05) is 5.21 Å². The van der Waals surface area contributed by atoms with Crippen molar-refractivity contribution in [3.8, 4) is 0 Å². The highest BCUT2D eigenvalue weighted by atomic mass is 15.4. The molecule has 5 nitrogen and oxygen atoms in total. The maximum absolute atomic E-state index is 4.15. The van der Waals surface area contributed by atoms with E-state index >= 15 is 0 Å². The molecule has 0 radical (unpaired) electrons. The topological polar surface area (TPSA) is 54.8 Å². The Balaban J connectivity index is 2.08. The average molecular weight is 195 g/mol. The van der Waals surface area contributed by atoms with Gasteiger partial charge in [-0.15, -0.1) is 5.10 Å². The maximum Gasteiger partial charge on any atom is 0.0993 e. The molecule has 0 spiro atoms. The van der Waals surface area contributed by atoms with E-state index in [0.29, 0.717) is 6.04 Å². The van der Waals surface area contributed by atoms with Crippen molar-refractivity contribution in [1.29, 1.82) is 0 Å². The van der Waals surface area contributed by atoms with E-state index in [2.05, 4.69) is 27.9 Å². The number of aromatic nitrogens is 3. The fraction of sp³-hybridized carbons (Fsp3) is 0.778. The van der Waals surface area contributed by atoms with E-state index in [0.717, 1.165) is 25.2 Å². The predicted octanol–water partition coefficient (Wildman–Crippen LogP) is 0.0929. The van der Waals surface area contributed by atoms with Gasteiger partial charge in [-0.05, 0) is 26.9 Å². The third-order valence-corrected chi connectivity index (χ3v) is 2.81. The summed E-state index contributed by atoms with van der Waals surface area (Å²) in [4.78, 5) is 0. The number of nitrogens with zero attached hydrogens (tertiary/aromatic N) is 3. The predicted molar refractivity (Wildman–Crippen MR) is 54.0 cm³/mol. The highest BCUT2D eigenvalue weighted by Gasteiger charge is 2.18. The molecular formula is C9H17N5. The third kappa shape index (κ3) is 1.78. The first-order chi connectivity index (χ1) is 6.81. The molecule has 2 rings (SSSR count). The van der Waals surface area contributed by atoms with E-state index in [-0.39, 0.29) is 6.04 Å². The molecule has 0 aromatic carbocycles. The fourth-order valence-corrected chi connectivity index (χ4v) is 1.68. The van der Waals surface area contributed by atoms with Crippen molar-refractivity contribution < 1.29 is 0 Å². The molecule has 2 heterocycles. The number of nitrogens with one attached hydrogen (secondary N) is 2. The molecule has 14 heavy (non-hydrogen) atoms. The molecule has 0 aliphatic carbocycles. The molecule has 2 atom stereocenters. The van der Waals surface area contributed by atoms with E-state index in [1.165, 1.54) is 0 Å². The number of rotatable bonds is 3. The number of hydrogen-bond donors (Lipinski definition) is 2. The van der Waals surface area contributed by atoms with Gasteiger partial charge in [-0.3, -0.25) is 0 Å². The largest absolute Gasteiger partial charge is 0.315 e. The summed E-state index contributed by atoms with van der Waals surface area (Å²) in [7, 11) is 1.93.